The first-order valence-corrected chi connectivity index (χ1v) is 6.55. The standard InChI is InChI=1S/C14H13BrN2O2/c15-12-3-1-10(2-4-12)9-19-14(18)11-5-6-17-13(7-11)8-16/h1-7H,8-9,16H2. The number of hydrogen-bond donors (Lipinski definition) is 1. The number of nitrogens with two attached hydrogens (primary N) is 1. The van der Waals surface area contributed by atoms with Crippen molar-refractivity contribution in [1.29, 1.82) is 0 Å². The van der Waals surface area contributed by atoms with Gasteiger partial charge in [0, 0.05) is 17.2 Å². The van der Waals surface area contributed by atoms with Gasteiger partial charge >= 0.3 is 5.97 Å². The molecule has 0 fully saturated rings. The minimum absolute atomic E-state index is 0.242. The monoisotopic (exact) mass is 320 g/mol. The van der Waals surface area contributed by atoms with Gasteiger partial charge in [0.2, 0.25) is 0 Å². The van der Waals surface area contributed by atoms with Gasteiger partial charge in [0.05, 0.1) is 11.3 Å². The predicted molar refractivity (Wildman–Crippen MR) is 75.4 cm³/mol. The number of halogens is 1. The van der Waals surface area contributed by atoms with E-state index in [1.165, 1.54) is 0 Å². The van der Waals surface area contributed by atoms with Crippen LogP contribution in [0, 0.1) is 0 Å². The Balaban J connectivity index is 1.99. The van der Waals surface area contributed by atoms with Gasteiger partial charge in [-0.15, -0.1) is 0 Å². The minimum Gasteiger partial charge on any atom is -0.457 e. The first-order valence-electron chi connectivity index (χ1n) is 5.75. The fourth-order valence-electron chi connectivity index (χ4n) is 1.53. The second-order valence-electron chi connectivity index (χ2n) is 3.94. The summed E-state index contributed by atoms with van der Waals surface area (Å²) in [5.41, 5.74) is 7.54. The highest BCUT2D eigenvalue weighted by molar-refractivity contribution is 9.10. The Hall–Kier alpha value is -1.72. The number of benzene rings is 1. The van der Waals surface area contributed by atoms with E-state index in [9.17, 15) is 4.79 Å². The van der Waals surface area contributed by atoms with E-state index in [4.69, 9.17) is 10.5 Å². The lowest BCUT2D eigenvalue weighted by Crippen LogP contribution is -2.07. The molecule has 0 saturated heterocycles. The molecule has 19 heavy (non-hydrogen) atoms. The SMILES string of the molecule is NCc1cc(C(=O)OCc2ccc(Br)cc2)ccn1. The van der Waals surface area contributed by atoms with Crippen LogP contribution < -0.4 is 5.73 Å². The Morgan fingerprint density at radius 2 is 2.00 bits per heavy atom. The average molecular weight is 321 g/mol. The van der Waals surface area contributed by atoms with E-state index in [0.29, 0.717) is 17.8 Å². The van der Waals surface area contributed by atoms with Crippen molar-refractivity contribution in [2.75, 3.05) is 0 Å². The molecule has 2 aromatic rings. The smallest absolute Gasteiger partial charge is 0.338 e. The molecule has 0 spiro atoms. The molecule has 0 aliphatic carbocycles. The average Bonchev–Trinajstić information content (AvgIpc) is 2.46. The first kappa shape index (κ1) is 13.7. The summed E-state index contributed by atoms with van der Waals surface area (Å²) in [6.45, 7) is 0.542. The van der Waals surface area contributed by atoms with Crippen molar-refractivity contribution in [2.24, 2.45) is 5.73 Å². The molecule has 0 amide bonds. The van der Waals surface area contributed by atoms with Crippen LogP contribution >= 0.6 is 15.9 Å². The van der Waals surface area contributed by atoms with Crippen LogP contribution in [0.25, 0.3) is 0 Å². The van der Waals surface area contributed by atoms with Gasteiger partial charge in [-0.1, -0.05) is 28.1 Å². The largest absolute Gasteiger partial charge is 0.457 e. The summed E-state index contributed by atoms with van der Waals surface area (Å²) >= 11 is 3.35. The number of carbonyl (C=O) groups is 1. The summed E-state index contributed by atoms with van der Waals surface area (Å²) in [6.07, 6.45) is 1.55. The summed E-state index contributed by atoms with van der Waals surface area (Å²) in [6, 6.07) is 10.9. The summed E-state index contributed by atoms with van der Waals surface area (Å²) in [7, 11) is 0. The number of esters is 1. The number of pyridine rings is 1. The molecule has 0 saturated carbocycles. The Bertz CT molecular complexity index is 570. The maximum Gasteiger partial charge on any atom is 0.338 e. The topological polar surface area (TPSA) is 65.2 Å². The van der Waals surface area contributed by atoms with Gasteiger partial charge < -0.3 is 10.5 Å². The first-order chi connectivity index (χ1) is 9.19. The van der Waals surface area contributed by atoms with Gasteiger partial charge in [-0.3, -0.25) is 4.98 Å². The predicted octanol–water partition coefficient (Wildman–Crippen LogP) is 2.66. The lowest BCUT2D eigenvalue weighted by atomic mass is 10.2. The van der Waals surface area contributed by atoms with E-state index >= 15 is 0 Å². The fraction of sp³-hybridized carbons (Fsp3) is 0.143. The maximum atomic E-state index is 11.9. The van der Waals surface area contributed by atoms with Crippen LogP contribution in [0.2, 0.25) is 0 Å². The van der Waals surface area contributed by atoms with Crippen LogP contribution in [0.4, 0.5) is 0 Å². The summed E-state index contributed by atoms with van der Waals surface area (Å²) in [5.74, 6) is -0.375. The van der Waals surface area contributed by atoms with Crippen LogP contribution in [0.3, 0.4) is 0 Å². The third-order valence-corrected chi connectivity index (χ3v) is 3.07. The molecule has 1 aromatic carbocycles. The molecule has 2 rings (SSSR count). The Kier molecular flexibility index (Phi) is 4.65. The molecule has 0 atom stereocenters. The van der Waals surface area contributed by atoms with Crippen molar-refractivity contribution in [1.82, 2.24) is 4.98 Å². The van der Waals surface area contributed by atoms with Crippen LogP contribution in [-0.2, 0) is 17.9 Å². The molecule has 4 nitrogen and oxygen atoms in total. The molecule has 98 valence electrons. The van der Waals surface area contributed by atoms with Crippen molar-refractivity contribution < 1.29 is 9.53 Å². The van der Waals surface area contributed by atoms with Crippen molar-refractivity contribution in [2.45, 2.75) is 13.2 Å². The van der Waals surface area contributed by atoms with E-state index in [0.717, 1.165) is 10.0 Å². The molecule has 5 heteroatoms. The molecular weight excluding hydrogens is 308 g/mol. The van der Waals surface area contributed by atoms with Crippen molar-refractivity contribution in [3.8, 4) is 0 Å². The molecule has 0 aliphatic heterocycles. The quantitative estimate of drug-likeness (QED) is 0.879. The highest BCUT2D eigenvalue weighted by atomic mass is 79.9. The van der Waals surface area contributed by atoms with Crippen LogP contribution in [0.15, 0.2) is 47.1 Å². The van der Waals surface area contributed by atoms with E-state index < -0.39 is 0 Å². The molecule has 1 heterocycles. The summed E-state index contributed by atoms with van der Waals surface area (Å²) in [5, 5.41) is 0. The van der Waals surface area contributed by atoms with Crippen LogP contribution in [-0.4, -0.2) is 11.0 Å². The van der Waals surface area contributed by atoms with Crippen LogP contribution in [0.1, 0.15) is 21.6 Å². The van der Waals surface area contributed by atoms with Crippen molar-refractivity contribution in [3.63, 3.8) is 0 Å². The van der Waals surface area contributed by atoms with Crippen LogP contribution in [0.5, 0.6) is 0 Å². The molecule has 1 aromatic heterocycles. The normalized spacial score (nSPS) is 10.2. The zero-order chi connectivity index (χ0) is 13.7. The summed E-state index contributed by atoms with van der Waals surface area (Å²) < 4.78 is 6.22. The minimum atomic E-state index is -0.375. The zero-order valence-electron chi connectivity index (χ0n) is 10.2. The number of nitrogens with zero attached hydrogens (tertiary/aromatic N) is 1. The van der Waals surface area contributed by atoms with E-state index in [1.807, 2.05) is 24.3 Å². The molecule has 0 bridgehead atoms. The lowest BCUT2D eigenvalue weighted by molar-refractivity contribution is 0.0472. The second kappa shape index (κ2) is 6.45. The Labute approximate surface area is 119 Å². The third kappa shape index (κ3) is 3.87. The molecule has 0 unspecified atom stereocenters. The van der Waals surface area contributed by atoms with E-state index in [-0.39, 0.29) is 12.6 Å². The van der Waals surface area contributed by atoms with Gasteiger partial charge in [-0.25, -0.2) is 4.79 Å². The number of rotatable bonds is 4. The molecule has 0 aliphatic rings. The highest BCUT2D eigenvalue weighted by Gasteiger charge is 2.08. The maximum absolute atomic E-state index is 11.9. The van der Waals surface area contributed by atoms with Gasteiger partial charge in [-0.05, 0) is 29.8 Å². The fourth-order valence-corrected chi connectivity index (χ4v) is 1.79. The lowest BCUT2D eigenvalue weighted by Gasteiger charge is -2.06. The van der Waals surface area contributed by atoms with E-state index in [1.54, 1.807) is 18.3 Å². The number of carbonyl (C=O) groups excluding carboxylic acids is 1. The number of ether oxygens (including phenoxy) is 1. The molecule has 0 radical (unpaired) electrons. The van der Waals surface area contributed by atoms with E-state index in [2.05, 4.69) is 20.9 Å². The van der Waals surface area contributed by atoms with Crippen molar-refractivity contribution >= 4 is 21.9 Å². The number of hydrogen-bond acceptors (Lipinski definition) is 4. The van der Waals surface area contributed by atoms with Gasteiger partial charge in [0.1, 0.15) is 6.61 Å². The number of aromatic nitrogens is 1. The summed E-state index contributed by atoms with van der Waals surface area (Å²) in [4.78, 5) is 15.9. The van der Waals surface area contributed by atoms with Gasteiger partial charge in [-0.2, -0.15) is 0 Å². The Morgan fingerprint density at radius 3 is 2.68 bits per heavy atom. The van der Waals surface area contributed by atoms with Gasteiger partial charge in [0.15, 0.2) is 0 Å². The zero-order valence-corrected chi connectivity index (χ0v) is 11.8. The highest BCUT2D eigenvalue weighted by Crippen LogP contribution is 2.12. The Morgan fingerprint density at radius 1 is 1.26 bits per heavy atom. The third-order valence-electron chi connectivity index (χ3n) is 2.54. The van der Waals surface area contributed by atoms with Gasteiger partial charge in [0.25, 0.3) is 0 Å². The molecule has 2 N–H and O–H groups in total. The van der Waals surface area contributed by atoms with Crippen molar-refractivity contribution in [3.05, 3.63) is 63.9 Å². The molecular formula is C14H13BrN2O2. The second-order valence-corrected chi connectivity index (χ2v) is 4.86.